The molecule has 4 nitrogen and oxygen atoms in total. The summed E-state index contributed by atoms with van der Waals surface area (Å²) in [6.07, 6.45) is 0. The Balaban J connectivity index is 0.993. The average molecular weight is 873 g/mol. The van der Waals surface area contributed by atoms with E-state index in [1.54, 1.807) is 0 Å². The van der Waals surface area contributed by atoms with Crippen molar-refractivity contribution in [1.82, 2.24) is 8.80 Å². The van der Waals surface area contributed by atoms with E-state index < -0.39 is 8.07 Å². The molecule has 0 aliphatic carbocycles. The average Bonchev–Trinajstić information content (AvgIpc) is 4.08. The molecule has 0 radical (unpaired) electrons. The van der Waals surface area contributed by atoms with E-state index in [-0.39, 0.29) is 11.8 Å². The summed E-state index contributed by atoms with van der Waals surface area (Å²) in [7, 11) is -1.48. The Morgan fingerprint density at radius 1 is 0.448 bits per heavy atom. The maximum absolute atomic E-state index is 9.65. The number of hydrogen-bond donors (Lipinski definition) is 0. The Morgan fingerprint density at radius 3 is 1.25 bits per heavy atom. The monoisotopic (exact) mass is 872 g/mol. The van der Waals surface area contributed by atoms with Crippen molar-refractivity contribution < 1.29 is 0 Å². The first-order chi connectivity index (χ1) is 32.7. The molecule has 9 aromatic carbocycles. The summed E-state index contributed by atoms with van der Waals surface area (Å²) >= 11 is 0. The zero-order valence-electron chi connectivity index (χ0n) is 37.8. The summed E-state index contributed by atoms with van der Waals surface area (Å²) in [6, 6.07) is 69.4. The van der Waals surface area contributed by atoms with Gasteiger partial charge in [0.05, 0.1) is 59.4 Å². The van der Waals surface area contributed by atoms with Gasteiger partial charge in [-0.05, 0) is 88.8 Å². The van der Waals surface area contributed by atoms with E-state index in [1.165, 1.54) is 120 Å². The number of rotatable bonds is 7. The minimum Gasteiger partial charge on any atom is -0.308 e. The predicted octanol–water partition coefficient (Wildman–Crippen LogP) is 15.6. The van der Waals surface area contributed by atoms with Crippen LogP contribution in [-0.4, -0.2) is 16.9 Å². The van der Waals surface area contributed by atoms with Gasteiger partial charge in [0.25, 0.3) is 0 Å². The summed E-state index contributed by atoms with van der Waals surface area (Å²) in [6.45, 7) is 16.9. The molecule has 2 unspecified atom stereocenters. The molecule has 316 valence electrons. The standard InChI is InChI=1S/C62H44N4Si/c1-37-12-16-39(17-13-37)59(41-20-26-45(64-2)27-21-41)43-24-30-55-51(32-43)47-8-6-10-49-53-35-58-54(34-57(53)65(55)61(47)49)50-11-7-9-48-52-33-44(25-31-56(52)66(58)62(48)50)60(40-18-14-38(36-63)15-19-40)42-22-28-46(29-23-42)67(3,4)5/h6-35,59-60H,1,3-5H3. The number of hydrogen-bond acceptors (Lipinski definition) is 1. The van der Waals surface area contributed by atoms with Gasteiger partial charge in [0.15, 0.2) is 5.69 Å². The van der Waals surface area contributed by atoms with E-state index >= 15 is 0 Å². The van der Waals surface area contributed by atoms with Gasteiger partial charge < -0.3 is 8.80 Å². The second-order valence-corrected chi connectivity index (χ2v) is 24.7. The molecule has 0 amide bonds. The smallest absolute Gasteiger partial charge is 0.187 e. The summed E-state index contributed by atoms with van der Waals surface area (Å²) < 4.78 is 5.01. The Hall–Kier alpha value is -8.22. The van der Waals surface area contributed by atoms with Crippen LogP contribution >= 0.6 is 0 Å². The Kier molecular flexibility index (Phi) is 8.41. The summed E-state index contributed by atoms with van der Waals surface area (Å²) in [5.41, 5.74) is 17.2. The minimum atomic E-state index is -1.48. The molecular formula is C62H44N4Si. The zero-order chi connectivity index (χ0) is 45.3. The Labute approximate surface area is 389 Å². The van der Waals surface area contributed by atoms with Gasteiger partial charge in [-0.25, -0.2) is 4.85 Å². The van der Waals surface area contributed by atoms with Gasteiger partial charge in [-0.15, -0.1) is 0 Å². The molecule has 4 heterocycles. The number of nitrogens with zero attached hydrogens (tertiary/aromatic N) is 4. The van der Waals surface area contributed by atoms with Gasteiger partial charge in [-0.2, -0.15) is 5.26 Å². The topological polar surface area (TPSA) is 37.0 Å². The van der Waals surface area contributed by atoms with Gasteiger partial charge in [0.1, 0.15) is 0 Å². The molecule has 0 aliphatic heterocycles. The van der Waals surface area contributed by atoms with Crippen LogP contribution in [0, 0.1) is 24.8 Å². The van der Waals surface area contributed by atoms with Crippen LogP contribution in [0.15, 0.2) is 182 Å². The van der Waals surface area contributed by atoms with Crippen molar-refractivity contribution in [2.45, 2.75) is 38.4 Å². The zero-order valence-corrected chi connectivity index (χ0v) is 38.8. The molecule has 0 bridgehead atoms. The normalized spacial score (nSPS) is 13.2. The molecule has 13 aromatic rings. The fourth-order valence-electron chi connectivity index (χ4n) is 11.4. The molecule has 0 spiro atoms. The Bertz CT molecular complexity index is 4190. The van der Waals surface area contributed by atoms with Crippen LogP contribution in [0.4, 0.5) is 5.69 Å². The maximum Gasteiger partial charge on any atom is 0.187 e. The van der Waals surface area contributed by atoms with Crippen molar-refractivity contribution in [2.24, 2.45) is 0 Å². The van der Waals surface area contributed by atoms with Crippen LogP contribution in [0.1, 0.15) is 56.3 Å². The van der Waals surface area contributed by atoms with E-state index in [0.29, 0.717) is 11.3 Å². The second-order valence-electron chi connectivity index (χ2n) is 19.6. The van der Waals surface area contributed by atoms with Gasteiger partial charge in [0.2, 0.25) is 0 Å². The number of aryl methyl sites for hydroxylation is 1. The second kappa shape index (κ2) is 14.4. The molecular weight excluding hydrogens is 829 g/mol. The highest BCUT2D eigenvalue weighted by atomic mass is 28.3. The molecule has 0 saturated heterocycles. The number of para-hydroxylation sites is 2. The van der Waals surface area contributed by atoms with Gasteiger partial charge in [-0.1, -0.05) is 164 Å². The lowest BCUT2D eigenvalue weighted by molar-refractivity contribution is 0.979. The molecule has 0 N–H and O–H groups in total. The fraction of sp³-hybridized carbons (Fsp3) is 0.0968. The van der Waals surface area contributed by atoms with Crippen molar-refractivity contribution in [3.63, 3.8) is 0 Å². The molecule has 0 saturated carbocycles. The first kappa shape index (κ1) is 39.2. The van der Waals surface area contributed by atoms with E-state index in [0.717, 1.165) is 0 Å². The lowest BCUT2D eigenvalue weighted by Crippen LogP contribution is -2.37. The molecule has 5 heteroatoms. The van der Waals surface area contributed by atoms with Crippen LogP contribution in [-0.2, 0) is 0 Å². The van der Waals surface area contributed by atoms with Crippen molar-refractivity contribution in [3.05, 3.63) is 238 Å². The maximum atomic E-state index is 9.65. The summed E-state index contributed by atoms with van der Waals surface area (Å²) in [5, 5.41) is 21.1. The van der Waals surface area contributed by atoms with E-state index in [4.69, 9.17) is 6.57 Å². The van der Waals surface area contributed by atoms with E-state index in [2.05, 4.69) is 204 Å². The Morgan fingerprint density at radius 2 is 0.836 bits per heavy atom. The first-order valence-electron chi connectivity index (χ1n) is 23.1. The van der Waals surface area contributed by atoms with Gasteiger partial charge >= 0.3 is 0 Å². The van der Waals surface area contributed by atoms with Crippen molar-refractivity contribution in [1.29, 1.82) is 5.26 Å². The SMILES string of the molecule is [C-]#[N+]c1ccc(C(c2ccc(C)cc2)c2ccc3c(c2)c2cccc4c5cc6c(cc5n3c24)c2cccc3c4cc(C(c5ccc(C#N)cc5)c5ccc([Si](C)(C)C)cc5)ccc4n6c32)cc1. The third kappa shape index (κ3) is 5.82. The quantitative estimate of drug-likeness (QED) is 0.0893. The molecule has 67 heavy (non-hydrogen) atoms. The third-order valence-electron chi connectivity index (χ3n) is 14.7. The van der Waals surface area contributed by atoms with Crippen LogP contribution < -0.4 is 5.19 Å². The van der Waals surface area contributed by atoms with Gasteiger partial charge in [0, 0.05) is 54.9 Å². The van der Waals surface area contributed by atoms with Crippen molar-refractivity contribution >= 4 is 95.1 Å². The number of aromatic nitrogens is 2. The van der Waals surface area contributed by atoms with Crippen molar-refractivity contribution in [3.8, 4) is 6.07 Å². The molecule has 13 rings (SSSR count). The highest BCUT2D eigenvalue weighted by molar-refractivity contribution is 6.88. The van der Waals surface area contributed by atoms with E-state index in [1.807, 2.05) is 24.3 Å². The third-order valence-corrected chi connectivity index (χ3v) is 16.8. The molecule has 2 atom stereocenters. The molecule has 0 aliphatic rings. The fourth-order valence-corrected chi connectivity index (χ4v) is 12.6. The van der Waals surface area contributed by atoms with Gasteiger partial charge in [-0.3, -0.25) is 0 Å². The van der Waals surface area contributed by atoms with Crippen LogP contribution in [0.2, 0.25) is 19.6 Å². The lowest BCUT2D eigenvalue weighted by atomic mass is 9.84. The summed E-state index contributed by atoms with van der Waals surface area (Å²) in [4.78, 5) is 3.67. The summed E-state index contributed by atoms with van der Waals surface area (Å²) in [5.74, 6) is 0.0359. The highest BCUT2D eigenvalue weighted by Gasteiger charge is 2.26. The predicted molar refractivity (Wildman–Crippen MR) is 282 cm³/mol. The van der Waals surface area contributed by atoms with Crippen LogP contribution in [0.3, 0.4) is 0 Å². The number of benzene rings is 9. The molecule has 4 aromatic heterocycles. The van der Waals surface area contributed by atoms with Crippen LogP contribution in [0.25, 0.3) is 81.0 Å². The lowest BCUT2D eigenvalue weighted by Gasteiger charge is -2.22. The van der Waals surface area contributed by atoms with Crippen LogP contribution in [0.5, 0.6) is 0 Å². The van der Waals surface area contributed by atoms with Crippen molar-refractivity contribution in [2.75, 3.05) is 0 Å². The number of fused-ring (bicyclic) bond motifs is 12. The van der Waals surface area contributed by atoms with E-state index in [9.17, 15) is 5.26 Å². The first-order valence-corrected chi connectivity index (χ1v) is 26.6. The number of nitriles is 1. The molecule has 0 fully saturated rings. The minimum absolute atomic E-state index is 0.0135. The highest BCUT2D eigenvalue weighted by Crippen LogP contribution is 2.46. The largest absolute Gasteiger partial charge is 0.308 e.